The van der Waals surface area contributed by atoms with Crippen molar-refractivity contribution in [1.82, 2.24) is 15.1 Å². The lowest BCUT2D eigenvalue weighted by Crippen LogP contribution is -2.48. The molecule has 110 valence electrons. The van der Waals surface area contributed by atoms with Gasteiger partial charge in [0.2, 0.25) is 5.91 Å². The Balaban J connectivity index is 1.85. The third-order valence-electron chi connectivity index (χ3n) is 3.46. The molecule has 1 aliphatic heterocycles. The fraction of sp³-hybridized carbons (Fsp3) is 0.571. The third-order valence-corrected chi connectivity index (χ3v) is 3.46. The number of hydrogen-bond acceptors (Lipinski definition) is 3. The number of carbonyl (C=O) groups excluding carboxylic acids is 2. The van der Waals surface area contributed by atoms with Crippen LogP contribution in [-0.4, -0.2) is 48.9 Å². The number of piperidine rings is 1. The Morgan fingerprint density at radius 2 is 2.30 bits per heavy atom. The Morgan fingerprint density at radius 3 is 2.95 bits per heavy atom. The Kier molecular flexibility index (Phi) is 4.65. The van der Waals surface area contributed by atoms with E-state index in [2.05, 4.69) is 5.32 Å². The van der Waals surface area contributed by atoms with Crippen LogP contribution in [0.1, 0.15) is 18.6 Å². The second-order valence-corrected chi connectivity index (χ2v) is 5.26. The maximum absolute atomic E-state index is 12.1. The molecule has 0 spiro atoms. The standard InChI is InChI=1S/C14H21N3O3/c1-16(2)14(19)17-7-3-5-11(10-17)13(18)15-9-12-6-4-8-20-12/h4,6,8,11H,3,5,7,9-10H2,1-2H3,(H,15,18)/t11-/m1/s1. The van der Waals surface area contributed by atoms with Crippen molar-refractivity contribution in [2.45, 2.75) is 19.4 Å². The molecule has 3 amide bonds. The molecular formula is C14H21N3O3. The van der Waals surface area contributed by atoms with Gasteiger partial charge < -0.3 is 19.5 Å². The van der Waals surface area contributed by atoms with Gasteiger partial charge in [0.25, 0.3) is 0 Å². The zero-order valence-electron chi connectivity index (χ0n) is 12.0. The number of furan rings is 1. The summed E-state index contributed by atoms with van der Waals surface area (Å²) in [5, 5.41) is 2.86. The summed E-state index contributed by atoms with van der Waals surface area (Å²) in [7, 11) is 3.45. The summed E-state index contributed by atoms with van der Waals surface area (Å²) in [6.45, 7) is 1.60. The molecule has 1 fully saturated rings. The van der Waals surface area contributed by atoms with E-state index < -0.39 is 0 Å². The molecule has 1 atom stereocenters. The monoisotopic (exact) mass is 279 g/mol. The van der Waals surface area contributed by atoms with Gasteiger partial charge in [-0.2, -0.15) is 0 Å². The predicted octanol–water partition coefficient (Wildman–Crippen LogP) is 1.29. The van der Waals surface area contributed by atoms with Gasteiger partial charge in [0.05, 0.1) is 18.7 Å². The van der Waals surface area contributed by atoms with Crippen LogP contribution in [0, 0.1) is 5.92 Å². The number of likely N-dealkylation sites (tertiary alicyclic amines) is 1. The highest BCUT2D eigenvalue weighted by molar-refractivity contribution is 5.80. The van der Waals surface area contributed by atoms with E-state index in [1.54, 1.807) is 36.2 Å². The Hall–Kier alpha value is -1.98. The van der Waals surface area contributed by atoms with E-state index >= 15 is 0 Å². The zero-order chi connectivity index (χ0) is 14.5. The van der Waals surface area contributed by atoms with Crippen LogP contribution >= 0.6 is 0 Å². The normalized spacial score (nSPS) is 18.7. The van der Waals surface area contributed by atoms with Crippen molar-refractivity contribution in [1.29, 1.82) is 0 Å². The van der Waals surface area contributed by atoms with E-state index in [1.807, 2.05) is 6.07 Å². The van der Waals surface area contributed by atoms with Crippen LogP contribution in [0.5, 0.6) is 0 Å². The fourth-order valence-electron chi connectivity index (χ4n) is 2.38. The van der Waals surface area contributed by atoms with Crippen LogP contribution in [0.15, 0.2) is 22.8 Å². The molecule has 2 heterocycles. The fourth-order valence-corrected chi connectivity index (χ4v) is 2.38. The van der Waals surface area contributed by atoms with Gasteiger partial charge in [0.15, 0.2) is 0 Å². The molecule has 0 aromatic carbocycles. The third kappa shape index (κ3) is 3.53. The molecule has 0 saturated carbocycles. The van der Waals surface area contributed by atoms with Crippen molar-refractivity contribution < 1.29 is 14.0 Å². The lowest BCUT2D eigenvalue weighted by atomic mass is 9.97. The minimum atomic E-state index is -0.136. The second-order valence-electron chi connectivity index (χ2n) is 5.26. The van der Waals surface area contributed by atoms with E-state index in [1.165, 1.54) is 0 Å². The number of nitrogens with one attached hydrogen (secondary N) is 1. The molecule has 20 heavy (non-hydrogen) atoms. The van der Waals surface area contributed by atoms with Crippen molar-refractivity contribution in [3.05, 3.63) is 24.2 Å². The van der Waals surface area contributed by atoms with Gasteiger partial charge in [-0.05, 0) is 25.0 Å². The van der Waals surface area contributed by atoms with Crippen LogP contribution in [-0.2, 0) is 11.3 Å². The molecular weight excluding hydrogens is 258 g/mol. The van der Waals surface area contributed by atoms with Gasteiger partial charge in [-0.3, -0.25) is 4.79 Å². The van der Waals surface area contributed by atoms with Gasteiger partial charge in [-0.1, -0.05) is 0 Å². The minimum absolute atomic E-state index is 0.0161. The SMILES string of the molecule is CN(C)C(=O)N1CCC[C@@H](C(=O)NCc2ccco2)C1. The lowest BCUT2D eigenvalue weighted by Gasteiger charge is -2.33. The van der Waals surface area contributed by atoms with Crippen molar-refractivity contribution in [3.63, 3.8) is 0 Å². The molecule has 1 aliphatic rings. The smallest absolute Gasteiger partial charge is 0.319 e. The minimum Gasteiger partial charge on any atom is -0.467 e. The van der Waals surface area contributed by atoms with E-state index in [9.17, 15) is 9.59 Å². The highest BCUT2D eigenvalue weighted by atomic mass is 16.3. The Bertz CT molecular complexity index is 456. The number of urea groups is 1. The van der Waals surface area contributed by atoms with E-state index in [0.717, 1.165) is 25.1 Å². The topological polar surface area (TPSA) is 65.8 Å². The first-order chi connectivity index (χ1) is 9.58. The van der Waals surface area contributed by atoms with Gasteiger partial charge in [-0.25, -0.2) is 4.79 Å². The van der Waals surface area contributed by atoms with Gasteiger partial charge in [0, 0.05) is 27.2 Å². The first-order valence-corrected chi connectivity index (χ1v) is 6.84. The van der Waals surface area contributed by atoms with Crippen LogP contribution in [0.25, 0.3) is 0 Å². The number of rotatable bonds is 3. The molecule has 1 aromatic rings. The summed E-state index contributed by atoms with van der Waals surface area (Å²) >= 11 is 0. The average molecular weight is 279 g/mol. The molecule has 0 unspecified atom stereocenters. The van der Waals surface area contributed by atoms with Gasteiger partial charge in [0.1, 0.15) is 5.76 Å². The van der Waals surface area contributed by atoms with Crippen LogP contribution in [0.2, 0.25) is 0 Å². The average Bonchev–Trinajstić information content (AvgIpc) is 2.97. The number of nitrogens with zero attached hydrogens (tertiary/aromatic N) is 2. The summed E-state index contributed by atoms with van der Waals surface area (Å²) in [6.07, 6.45) is 3.26. The summed E-state index contributed by atoms with van der Waals surface area (Å²) in [4.78, 5) is 27.3. The molecule has 1 saturated heterocycles. The molecule has 0 radical (unpaired) electrons. The molecule has 1 N–H and O–H groups in total. The van der Waals surface area contributed by atoms with Gasteiger partial charge >= 0.3 is 6.03 Å². The molecule has 2 rings (SSSR count). The number of amides is 3. The maximum atomic E-state index is 12.1. The van der Waals surface area contributed by atoms with Crippen LogP contribution in [0.3, 0.4) is 0 Å². The summed E-state index contributed by atoms with van der Waals surface area (Å²) in [5.74, 6) is 0.579. The molecule has 1 aromatic heterocycles. The first kappa shape index (κ1) is 14.4. The summed E-state index contributed by atoms with van der Waals surface area (Å²) < 4.78 is 5.18. The quantitative estimate of drug-likeness (QED) is 0.906. The summed E-state index contributed by atoms with van der Waals surface area (Å²) in [5.41, 5.74) is 0. The van der Waals surface area contributed by atoms with Crippen LogP contribution < -0.4 is 5.32 Å². The molecule has 6 nitrogen and oxygen atoms in total. The largest absolute Gasteiger partial charge is 0.467 e. The van der Waals surface area contributed by atoms with Crippen molar-refractivity contribution in [2.24, 2.45) is 5.92 Å². The molecule has 0 aliphatic carbocycles. The van der Waals surface area contributed by atoms with Crippen molar-refractivity contribution in [3.8, 4) is 0 Å². The lowest BCUT2D eigenvalue weighted by molar-refractivity contribution is -0.126. The van der Waals surface area contributed by atoms with E-state index in [0.29, 0.717) is 13.1 Å². The van der Waals surface area contributed by atoms with Crippen molar-refractivity contribution >= 4 is 11.9 Å². The molecule has 0 bridgehead atoms. The highest BCUT2D eigenvalue weighted by Crippen LogP contribution is 2.17. The Labute approximate surface area is 118 Å². The predicted molar refractivity (Wildman–Crippen MR) is 73.9 cm³/mol. The van der Waals surface area contributed by atoms with E-state index in [-0.39, 0.29) is 17.9 Å². The van der Waals surface area contributed by atoms with E-state index in [4.69, 9.17) is 4.42 Å². The number of hydrogen-bond donors (Lipinski definition) is 1. The van der Waals surface area contributed by atoms with Gasteiger partial charge in [-0.15, -0.1) is 0 Å². The summed E-state index contributed by atoms with van der Waals surface area (Å²) in [6, 6.07) is 3.58. The second kappa shape index (κ2) is 6.45. The van der Waals surface area contributed by atoms with Crippen LogP contribution in [0.4, 0.5) is 4.79 Å². The highest BCUT2D eigenvalue weighted by Gasteiger charge is 2.28. The maximum Gasteiger partial charge on any atom is 0.319 e. The van der Waals surface area contributed by atoms with Crippen molar-refractivity contribution in [2.75, 3.05) is 27.2 Å². The number of carbonyl (C=O) groups is 2. The Morgan fingerprint density at radius 1 is 1.50 bits per heavy atom. The zero-order valence-corrected chi connectivity index (χ0v) is 12.0. The first-order valence-electron chi connectivity index (χ1n) is 6.84. The molecule has 6 heteroatoms.